The second-order valence-corrected chi connectivity index (χ2v) is 8.37. The summed E-state index contributed by atoms with van der Waals surface area (Å²) in [5, 5.41) is 23.2. The topological polar surface area (TPSA) is 98.3 Å². The van der Waals surface area contributed by atoms with Crippen molar-refractivity contribution in [3.63, 3.8) is 0 Å². The number of hydrogen-bond acceptors (Lipinski definition) is 5. The number of H-pyrrole nitrogens is 1. The van der Waals surface area contributed by atoms with Gasteiger partial charge in [0.1, 0.15) is 5.92 Å². The molecule has 8 heteroatoms. The number of aromatic nitrogens is 3. The van der Waals surface area contributed by atoms with Gasteiger partial charge in [-0.3, -0.25) is 9.89 Å². The van der Waals surface area contributed by atoms with Gasteiger partial charge < -0.3 is 0 Å². The third kappa shape index (κ3) is 3.89. The zero-order chi connectivity index (χ0) is 22.0. The van der Waals surface area contributed by atoms with Crippen molar-refractivity contribution in [2.45, 2.75) is 12.8 Å². The van der Waals surface area contributed by atoms with Gasteiger partial charge in [-0.25, -0.2) is 4.98 Å². The highest BCUT2D eigenvalue weighted by Gasteiger charge is 2.31. The molecule has 0 unspecified atom stereocenters. The summed E-state index contributed by atoms with van der Waals surface area (Å²) in [4.78, 5) is 18.7. The Hall–Kier alpha value is -3.65. The Kier molecular flexibility index (Phi) is 5.73. The zero-order valence-corrected chi connectivity index (χ0v) is 18.0. The van der Waals surface area contributed by atoms with Crippen LogP contribution in [0.5, 0.6) is 0 Å². The zero-order valence-electron chi connectivity index (χ0n) is 16.4. The van der Waals surface area contributed by atoms with Crippen molar-refractivity contribution in [1.82, 2.24) is 14.8 Å². The van der Waals surface area contributed by atoms with Crippen LogP contribution in [-0.4, -0.2) is 14.8 Å². The van der Waals surface area contributed by atoms with Crippen LogP contribution < -0.4 is 5.56 Å². The van der Waals surface area contributed by atoms with E-state index in [1.54, 1.807) is 37.4 Å². The van der Waals surface area contributed by atoms with E-state index in [-0.39, 0.29) is 5.56 Å². The lowest BCUT2D eigenvalue weighted by Gasteiger charge is -2.17. The van der Waals surface area contributed by atoms with Gasteiger partial charge >= 0.3 is 0 Å². The summed E-state index contributed by atoms with van der Waals surface area (Å²) in [7, 11) is 0. The van der Waals surface area contributed by atoms with E-state index in [9.17, 15) is 15.3 Å². The van der Waals surface area contributed by atoms with Gasteiger partial charge in [0.25, 0.3) is 5.56 Å². The van der Waals surface area contributed by atoms with Gasteiger partial charge in [0.2, 0.25) is 5.13 Å². The number of aromatic amines is 1. The summed E-state index contributed by atoms with van der Waals surface area (Å²) < 4.78 is 1.37. The summed E-state index contributed by atoms with van der Waals surface area (Å²) in [6.07, 6.45) is 1.72. The van der Waals surface area contributed by atoms with Crippen LogP contribution in [-0.2, 0) is 0 Å². The molecule has 1 N–H and O–H groups in total. The van der Waals surface area contributed by atoms with Crippen LogP contribution in [0.25, 0.3) is 15.6 Å². The second-order valence-electron chi connectivity index (χ2n) is 6.93. The number of nitrogens with zero attached hydrogens (tertiary/aromatic N) is 4. The van der Waals surface area contributed by atoms with Gasteiger partial charge in [0.15, 0.2) is 0 Å². The molecule has 4 aromatic rings. The fourth-order valence-corrected chi connectivity index (χ4v) is 4.55. The highest BCUT2D eigenvalue weighted by Crippen LogP contribution is 2.33. The molecule has 0 aliphatic heterocycles. The van der Waals surface area contributed by atoms with Crippen LogP contribution in [0.1, 0.15) is 22.7 Å². The van der Waals surface area contributed by atoms with Crippen LogP contribution in [0.4, 0.5) is 0 Å². The molecule has 31 heavy (non-hydrogen) atoms. The predicted octanol–water partition coefficient (Wildman–Crippen LogP) is 5.05. The van der Waals surface area contributed by atoms with E-state index in [2.05, 4.69) is 10.1 Å². The summed E-state index contributed by atoms with van der Waals surface area (Å²) in [5.74, 6) is -1.75. The summed E-state index contributed by atoms with van der Waals surface area (Å²) in [5.41, 5.74) is 2.30. The van der Waals surface area contributed by atoms with Crippen molar-refractivity contribution in [2.75, 3.05) is 0 Å². The van der Waals surface area contributed by atoms with E-state index >= 15 is 0 Å². The smallest absolute Gasteiger partial charge is 0.277 e. The van der Waals surface area contributed by atoms with Crippen molar-refractivity contribution in [3.8, 4) is 27.7 Å². The molecule has 0 fully saturated rings. The van der Waals surface area contributed by atoms with E-state index in [0.29, 0.717) is 27.0 Å². The van der Waals surface area contributed by atoms with Crippen LogP contribution in [0.15, 0.2) is 65.6 Å². The molecular formula is C23H16ClN5OS. The Bertz CT molecular complexity index is 1340. The van der Waals surface area contributed by atoms with Gasteiger partial charge in [-0.05, 0) is 30.2 Å². The van der Waals surface area contributed by atoms with Crippen molar-refractivity contribution in [2.24, 2.45) is 5.92 Å². The molecule has 4 rings (SSSR count). The molecule has 0 aliphatic rings. The van der Waals surface area contributed by atoms with Crippen molar-refractivity contribution in [3.05, 3.63) is 93.0 Å². The molecule has 0 saturated carbocycles. The Morgan fingerprint density at radius 3 is 2.42 bits per heavy atom. The van der Waals surface area contributed by atoms with Crippen LogP contribution in [0.3, 0.4) is 0 Å². The lowest BCUT2D eigenvalue weighted by molar-refractivity contribution is 0.699. The molecule has 0 radical (unpaired) electrons. The monoisotopic (exact) mass is 445 g/mol. The fourth-order valence-electron chi connectivity index (χ4n) is 3.54. The highest BCUT2D eigenvalue weighted by atomic mass is 35.5. The predicted molar refractivity (Wildman–Crippen MR) is 120 cm³/mol. The Labute approximate surface area is 187 Å². The Morgan fingerprint density at radius 1 is 1.10 bits per heavy atom. The normalized spacial score (nSPS) is 11.8. The van der Waals surface area contributed by atoms with Gasteiger partial charge in [-0.15, -0.1) is 0 Å². The number of nitriles is 2. The maximum absolute atomic E-state index is 13.4. The number of rotatable bonds is 5. The number of hydrogen-bond donors (Lipinski definition) is 1. The molecule has 0 spiro atoms. The molecule has 6 nitrogen and oxygen atoms in total. The fraction of sp³-hybridized carbons (Fsp3) is 0.130. The summed E-state index contributed by atoms with van der Waals surface area (Å²) >= 11 is 7.38. The maximum atomic E-state index is 13.4. The molecule has 2 aromatic carbocycles. The van der Waals surface area contributed by atoms with Gasteiger partial charge in [0.05, 0.1) is 17.0 Å². The molecular weight excluding hydrogens is 430 g/mol. The number of halogens is 1. The van der Waals surface area contributed by atoms with Gasteiger partial charge in [0, 0.05) is 28.4 Å². The molecule has 0 aliphatic carbocycles. The molecule has 2 heterocycles. The summed E-state index contributed by atoms with van der Waals surface area (Å²) in [6, 6.07) is 20.7. The van der Waals surface area contributed by atoms with Crippen LogP contribution in [0, 0.1) is 35.5 Å². The minimum atomic E-state index is -1.03. The van der Waals surface area contributed by atoms with Crippen LogP contribution >= 0.6 is 22.9 Å². The maximum Gasteiger partial charge on any atom is 0.277 e. The van der Waals surface area contributed by atoms with Crippen molar-refractivity contribution < 1.29 is 0 Å². The van der Waals surface area contributed by atoms with E-state index in [4.69, 9.17) is 11.6 Å². The number of thiazole rings is 1. The number of benzene rings is 2. The number of aryl methyl sites for hydroxylation is 1. The molecule has 1 atom stereocenters. The van der Waals surface area contributed by atoms with Crippen LogP contribution in [0.2, 0.25) is 5.02 Å². The van der Waals surface area contributed by atoms with Crippen molar-refractivity contribution >= 4 is 22.9 Å². The Balaban J connectivity index is 1.82. The first-order valence-corrected chi connectivity index (χ1v) is 10.6. The van der Waals surface area contributed by atoms with E-state index < -0.39 is 11.8 Å². The third-order valence-corrected chi connectivity index (χ3v) is 6.30. The largest absolute Gasteiger partial charge is 0.293 e. The quantitative estimate of drug-likeness (QED) is 0.464. The third-order valence-electron chi connectivity index (χ3n) is 5.01. The first kappa shape index (κ1) is 20.6. The second kappa shape index (κ2) is 8.61. The molecule has 152 valence electrons. The first-order valence-electron chi connectivity index (χ1n) is 9.41. The van der Waals surface area contributed by atoms with E-state index in [1.807, 2.05) is 42.5 Å². The lowest BCUT2D eigenvalue weighted by atomic mass is 9.82. The number of nitrogens with one attached hydrogen (secondary N) is 1. The highest BCUT2D eigenvalue weighted by molar-refractivity contribution is 7.17. The standard InChI is InChI=1S/C23H16ClN5OS/c1-14-20(21(17(11-25)12-26)16-7-9-18(24)10-8-16)22(30)29(28-14)23-27-13-19(31-23)15-5-3-2-4-6-15/h2-10,13,17,21,28H,1H3/t21-/m1/s1. The average molecular weight is 446 g/mol. The minimum Gasteiger partial charge on any atom is -0.293 e. The molecule has 0 saturated heterocycles. The first-order chi connectivity index (χ1) is 15.0. The SMILES string of the molecule is Cc1[nH]n(-c2ncc(-c3ccccc3)s2)c(=O)c1[C@H](c1ccc(Cl)cc1)C(C#N)C#N. The van der Waals surface area contributed by atoms with Crippen molar-refractivity contribution in [1.29, 1.82) is 10.5 Å². The molecule has 2 aromatic heterocycles. The average Bonchev–Trinajstić information content (AvgIpc) is 3.38. The van der Waals surface area contributed by atoms with Gasteiger partial charge in [-0.2, -0.15) is 15.2 Å². The lowest BCUT2D eigenvalue weighted by Crippen LogP contribution is -2.23. The minimum absolute atomic E-state index is 0.332. The van der Waals surface area contributed by atoms with E-state index in [1.165, 1.54) is 16.0 Å². The van der Waals surface area contributed by atoms with Gasteiger partial charge in [-0.1, -0.05) is 65.4 Å². The Morgan fingerprint density at radius 2 is 1.77 bits per heavy atom. The molecule has 0 bridgehead atoms. The summed E-state index contributed by atoms with van der Waals surface area (Å²) in [6.45, 7) is 1.76. The van der Waals surface area contributed by atoms with E-state index in [0.717, 1.165) is 10.4 Å². The molecule has 0 amide bonds.